The minimum absolute atomic E-state index is 0.0649. The van der Waals surface area contributed by atoms with E-state index in [0.717, 1.165) is 36.3 Å². The number of benzene rings is 1. The van der Waals surface area contributed by atoms with E-state index in [0.29, 0.717) is 5.92 Å². The third kappa shape index (κ3) is 2.42. The summed E-state index contributed by atoms with van der Waals surface area (Å²) in [5.41, 5.74) is 8.79. The summed E-state index contributed by atoms with van der Waals surface area (Å²) in [4.78, 5) is 0. The van der Waals surface area contributed by atoms with E-state index in [2.05, 4.69) is 11.4 Å². The average Bonchev–Trinajstić information content (AvgIpc) is 2.16. The molecule has 3 nitrogen and oxygen atoms in total. The zero-order valence-electron chi connectivity index (χ0n) is 9.03. The summed E-state index contributed by atoms with van der Waals surface area (Å²) in [5.74, 6) is 0.623. The highest BCUT2D eigenvalue weighted by atomic mass is 16.3. The summed E-state index contributed by atoms with van der Waals surface area (Å²) in [5, 5.41) is 12.5. The van der Waals surface area contributed by atoms with Crippen LogP contribution in [0.2, 0.25) is 0 Å². The molecule has 1 aromatic carbocycles. The van der Waals surface area contributed by atoms with E-state index >= 15 is 0 Å². The van der Waals surface area contributed by atoms with Crippen molar-refractivity contribution >= 4 is 11.4 Å². The summed E-state index contributed by atoms with van der Waals surface area (Å²) >= 11 is 0. The van der Waals surface area contributed by atoms with Gasteiger partial charge in [-0.15, -0.1) is 0 Å². The molecule has 1 aliphatic rings. The topological polar surface area (TPSA) is 58.3 Å². The largest absolute Gasteiger partial charge is 0.399 e. The molecule has 1 fully saturated rings. The van der Waals surface area contributed by atoms with Gasteiger partial charge in [-0.3, -0.25) is 0 Å². The van der Waals surface area contributed by atoms with Gasteiger partial charge in [-0.2, -0.15) is 0 Å². The molecule has 82 valence electrons. The Labute approximate surface area is 90.3 Å². The maximum absolute atomic E-state index is 9.15. The van der Waals surface area contributed by atoms with Crippen LogP contribution in [0.5, 0.6) is 0 Å². The van der Waals surface area contributed by atoms with Crippen LogP contribution in [-0.2, 0) is 0 Å². The standard InChI is InChI=1S/C12H18N2O/c1-8-4-10(2-3-12(8)13)14-7-9-5-11(15)6-9/h2-4,9,11,14-15H,5-7,13H2,1H3. The lowest BCUT2D eigenvalue weighted by Gasteiger charge is -2.31. The maximum atomic E-state index is 9.15. The average molecular weight is 206 g/mol. The Kier molecular flexibility index (Phi) is 2.82. The van der Waals surface area contributed by atoms with Crippen molar-refractivity contribution in [1.29, 1.82) is 0 Å². The van der Waals surface area contributed by atoms with Crippen LogP contribution in [0.3, 0.4) is 0 Å². The van der Waals surface area contributed by atoms with E-state index in [1.165, 1.54) is 0 Å². The van der Waals surface area contributed by atoms with E-state index in [-0.39, 0.29) is 6.10 Å². The van der Waals surface area contributed by atoms with Gasteiger partial charge in [0, 0.05) is 17.9 Å². The molecule has 3 heteroatoms. The first-order chi connectivity index (χ1) is 7.15. The number of aryl methyl sites for hydroxylation is 1. The highest BCUT2D eigenvalue weighted by Gasteiger charge is 2.26. The number of hydrogen-bond donors (Lipinski definition) is 3. The highest BCUT2D eigenvalue weighted by Crippen LogP contribution is 2.27. The number of hydrogen-bond acceptors (Lipinski definition) is 3. The van der Waals surface area contributed by atoms with Gasteiger partial charge in [0.15, 0.2) is 0 Å². The quantitative estimate of drug-likeness (QED) is 0.660. The molecule has 1 saturated carbocycles. The summed E-state index contributed by atoms with van der Waals surface area (Å²) in [6.45, 7) is 2.95. The molecular formula is C12H18N2O. The van der Waals surface area contributed by atoms with Crippen LogP contribution in [0.1, 0.15) is 18.4 Å². The summed E-state index contributed by atoms with van der Waals surface area (Å²) in [6, 6.07) is 5.98. The van der Waals surface area contributed by atoms with Crippen molar-refractivity contribution < 1.29 is 5.11 Å². The monoisotopic (exact) mass is 206 g/mol. The highest BCUT2D eigenvalue weighted by molar-refractivity contribution is 5.56. The number of anilines is 2. The predicted molar refractivity (Wildman–Crippen MR) is 62.8 cm³/mol. The zero-order chi connectivity index (χ0) is 10.8. The second kappa shape index (κ2) is 4.11. The van der Waals surface area contributed by atoms with Crippen molar-refractivity contribution in [2.45, 2.75) is 25.9 Å². The number of aliphatic hydroxyl groups is 1. The molecule has 0 unspecified atom stereocenters. The van der Waals surface area contributed by atoms with Crippen molar-refractivity contribution in [1.82, 2.24) is 0 Å². The smallest absolute Gasteiger partial charge is 0.0546 e. The minimum atomic E-state index is -0.0649. The molecule has 0 saturated heterocycles. The van der Waals surface area contributed by atoms with Crippen LogP contribution in [0.25, 0.3) is 0 Å². The molecule has 0 radical (unpaired) electrons. The van der Waals surface area contributed by atoms with E-state index in [4.69, 9.17) is 10.8 Å². The fraction of sp³-hybridized carbons (Fsp3) is 0.500. The number of aliphatic hydroxyl groups excluding tert-OH is 1. The molecule has 0 aliphatic heterocycles. The zero-order valence-corrected chi connectivity index (χ0v) is 9.03. The fourth-order valence-corrected chi connectivity index (χ4v) is 1.92. The first-order valence-corrected chi connectivity index (χ1v) is 5.43. The van der Waals surface area contributed by atoms with Crippen molar-refractivity contribution in [3.05, 3.63) is 23.8 Å². The molecule has 2 rings (SSSR count). The Bertz CT molecular complexity index is 345. The van der Waals surface area contributed by atoms with E-state index < -0.39 is 0 Å². The van der Waals surface area contributed by atoms with E-state index in [1.807, 2.05) is 19.1 Å². The lowest BCUT2D eigenvalue weighted by molar-refractivity contribution is 0.0487. The second-order valence-electron chi connectivity index (χ2n) is 4.44. The minimum Gasteiger partial charge on any atom is -0.399 e. The van der Waals surface area contributed by atoms with Gasteiger partial charge in [-0.25, -0.2) is 0 Å². The number of nitrogens with one attached hydrogen (secondary N) is 1. The third-order valence-corrected chi connectivity index (χ3v) is 3.08. The van der Waals surface area contributed by atoms with Gasteiger partial charge in [0.1, 0.15) is 0 Å². The Morgan fingerprint density at radius 1 is 1.47 bits per heavy atom. The molecule has 0 aromatic heterocycles. The Hall–Kier alpha value is -1.22. The van der Waals surface area contributed by atoms with Crippen LogP contribution in [0.4, 0.5) is 11.4 Å². The molecule has 1 aromatic rings. The number of nitrogens with two attached hydrogens (primary N) is 1. The third-order valence-electron chi connectivity index (χ3n) is 3.08. The molecule has 0 spiro atoms. The van der Waals surface area contributed by atoms with Gasteiger partial charge < -0.3 is 16.2 Å². The molecule has 15 heavy (non-hydrogen) atoms. The molecule has 1 aliphatic carbocycles. The van der Waals surface area contributed by atoms with E-state index in [9.17, 15) is 0 Å². The van der Waals surface area contributed by atoms with Crippen molar-refractivity contribution in [3.63, 3.8) is 0 Å². The lowest BCUT2D eigenvalue weighted by Crippen LogP contribution is -2.33. The summed E-state index contributed by atoms with van der Waals surface area (Å²) in [7, 11) is 0. The molecule has 0 amide bonds. The van der Waals surface area contributed by atoms with Crippen LogP contribution >= 0.6 is 0 Å². The molecule has 0 bridgehead atoms. The summed E-state index contributed by atoms with van der Waals surface area (Å²) in [6.07, 6.45) is 1.80. The number of nitrogen functional groups attached to an aromatic ring is 1. The predicted octanol–water partition coefficient (Wildman–Crippen LogP) is 1.76. The normalized spacial score (nSPS) is 24.7. The van der Waals surface area contributed by atoms with E-state index in [1.54, 1.807) is 0 Å². The first-order valence-electron chi connectivity index (χ1n) is 5.43. The first kappa shape index (κ1) is 10.3. The van der Waals surface area contributed by atoms with Crippen molar-refractivity contribution in [2.24, 2.45) is 5.92 Å². The fourth-order valence-electron chi connectivity index (χ4n) is 1.92. The molecule has 0 heterocycles. The Balaban J connectivity index is 1.86. The van der Waals surface area contributed by atoms with Crippen LogP contribution in [-0.4, -0.2) is 17.8 Å². The van der Waals surface area contributed by atoms with Gasteiger partial charge in [-0.05, 0) is 49.4 Å². The Morgan fingerprint density at radius 2 is 2.20 bits per heavy atom. The maximum Gasteiger partial charge on any atom is 0.0546 e. The van der Waals surface area contributed by atoms with Crippen LogP contribution < -0.4 is 11.1 Å². The van der Waals surface area contributed by atoms with Gasteiger partial charge in [0.25, 0.3) is 0 Å². The molecule has 4 N–H and O–H groups in total. The van der Waals surface area contributed by atoms with Gasteiger partial charge >= 0.3 is 0 Å². The van der Waals surface area contributed by atoms with Gasteiger partial charge in [-0.1, -0.05) is 0 Å². The van der Waals surface area contributed by atoms with Crippen LogP contribution in [0.15, 0.2) is 18.2 Å². The molecule has 0 atom stereocenters. The molecular weight excluding hydrogens is 188 g/mol. The number of rotatable bonds is 3. The Morgan fingerprint density at radius 3 is 2.80 bits per heavy atom. The van der Waals surface area contributed by atoms with Gasteiger partial charge in [0.05, 0.1) is 6.10 Å². The van der Waals surface area contributed by atoms with Gasteiger partial charge in [0.2, 0.25) is 0 Å². The summed E-state index contributed by atoms with van der Waals surface area (Å²) < 4.78 is 0. The van der Waals surface area contributed by atoms with Crippen molar-refractivity contribution in [3.8, 4) is 0 Å². The van der Waals surface area contributed by atoms with Crippen molar-refractivity contribution in [2.75, 3.05) is 17.6 Å². The lowest BCUT2D eigenvalue weighted by atomic mass is 9.82. The second-order valence-corrected chi connectivity index (χ2v) is 4.44. The SMILES string of the molecule is Cc1cc(NCC2CC(O)C2)ccc1N. The van der Waals surface area contributed by atoms with Crippen LogP contribution in [0, 0.1) is 12.8 Å².